The minimum absolute atomic E-state index is 0.642. The van der Waals surface area contributed by atoms with Gasteiger partial charge in [-0.25, -0.2) is 9.98 Å². The Morgan fingerprint density at radius 2 is 1.62 bits per heavy atom. The first kappa shape index (κ1) is 16.4. The van der Waals surface area contributed by atoms with Gasteiger partial charge in [0.1, 0.15) is 11.6 Å². The van der Waals surface area contributed by atoms with Gasteiger partial charge in [0.15, 0.2) is 5.84 Å². The van der Waals surface area contributed by atoms with E-state index in [2.05, 4.69) is 5.32 Å². The van der Waals surface area contributed by atoms with Crippen molar-refractivity contribution in [2.75, 3.05) is 12.4 Å². The second kappa shape index (κ2) is 7.02. The Hall–Kier alpha value is -3.11. The van der Waals surface area contributed by atoms with Crippen LogP contribution in [0.1, 0.15) is 11.1 Å². The van der Waals surface area contributed by atoms with Gasteiger partial charge in [-0.1, -0.05) is 41.9 Å². The summed E-state index contributed by atoms with van der Waals surface area (Å²) in [6.07, 6.45) is 0. The third-order valence-corrected chi connectivity index (χ3v) is 4.29. The highest BCUT2D eigenvalue weighted by Crippen LogP contribution is 2.31. The number of anilines is 1. The van der Waals surface area contributed by atoms with Gasteiger partial charge >= 0.3 is 0 Å². The van der Waals surface area contributed by atoms with Crippen LogP contribution in [0.25, 0.3) is 0 Å². The molecule has 4 rings (SSSR count). The Kier molecular flexibility index (Phi) is 4.42. The minimum atomic E-state index is 0.642. The van der Waals surface area contributed by atoms with Crippen LogP contribution in [0.3, 0.4) is 0 Å². The van der Waals surface area contributed by atoms with Gasteiger partial charge in [0.05, 0.1) is 18.5 Å². The summed E-state index contributed by atoms with van der Waals surface area (Å²) in [4.78, 5) is 9.53. The molecule has 0 saturated carbocycles. The Bertz CT molecular complexity index is 996. The number of hydrogen-bond acceptors (Lipinski definition) is 4. The summed E-state index contributed by atoms with van der Waals surface area (Å²) < 4.78 is 5.24. The highest BCUT2D eigenvalue weighted by molar-refractivity contribution is 6.31. The van der Waals surface area contributed by atoms with Gasteiger partial charge in [0.25, 0.3) is 0 Å². The van der Waals surface area contributed by atoms with E-state index in [-0.39, 0.29) is 0 Å². The van der Waals surface area contributed by atoms with Crippen LogP contribution in [0.15, 0.2) is 82.8 Å². The third-order valence-electron chi connectivity index (χ3n) is 4.05. The van der Waals surface area contributed by atoms with E-state index in [1.54, 1.807) is 7.11 Å². The van der Waals surface area contributed by atoms with Crippen LogP contribution in [0, 0.1) is 0 Å². The summed E-state index contributed by atoms with van der Waals surface area (Å²) in [7, 11) is 1.65. The maximum Gasteiger partial charge on any atom is 0.162 e. The first-order chi connectivity index (χ1) is 12.7. The van der Waals surface area contributed by atoms with E-state index >= 15 is 0 Å². The number of amidine groups is 2. The minimum Gasteiger partial charge on any atom is -0.497 e. The normalized spacial score (nSPS) is 13.0. The lowest BCUT2D eigenvalue weighted by Gasteiger charge is -2.10. The van der Waals surface area contributed by atoms with Crippen LogP contribution < -0.4 is 10.1 Å². The van der Waals surface area contributed by atoms with E-state index in [0.29, 0.717) is 16.7 Å². The molecule has 0 saturated heterocycles. The molecule has 5 heteroatoms. The van der Waals surface area contributed by atoms with Crippen LogP contribution in [-0.2, 0) is 0 Å². The van der Waals surface area contributed by atoms with Crippen molar-refractivity contribution in [3.05, 3.63) is 88.9 Å². The van der Waals surface area contributed by atoms with Crippen molar-refractivity contribution in [3.63, 3.8) is 0 Å². The predicted octanol–water partition coefficient (Wildman–Crippen LogP) is 5.30. The summed E-state index contributed by atoms with van der Waals surface area (Å²) in [6.45, 7) is 0. The lowest BCUT2D eigenvalue weighted by atomic mass is 10.1. The molecule has 3 aromatic carbocycles. The third kappa shape index (κ3) is 3.32. The fourth-order valence-corrected chi connectivity index (χ4v) is 2.88. The van der Waals surface area contributed by atoms with Gasteiger partial charge < -0.3 is 10.1 Å². The second-order valence-electron chi connectivity index (χ2n) is 5.78. The number of aliphatic imine (C=N–C) groups is 2. The van der Waals surface area contributed by atoms with Crippen molar-refractivity contribution < 1.29 is 4.74 Å². The van der Waals surface area contributed by atoms with Crippen molar-refractivity contribution in [2.24, 2.45) is 9.98 Å². The summed E-state index contributed by atoms with van der Waals surface area (Å²) in [5.74, 6) is 2.14. The fraction of sp³-hybridized carbons (Fsp3) is 0.0476. The number of rotatable bonds is 3. The topological polar surface area (TPSA) is 46.0 Å². The molecule has 0 amide bonds. The molecule has 128 valence electrons. The molecule has 1 aliphatic heterocycles. The van der Waals surface area contributed by atoms with Gasteiger partial charge in [-0.3, -0.25) is 0 Å². The van der Waals surface area contributed by atoms with Crippen molar-refractivity contribution in [3.8, 4) is 5.75 Å². The summed E-state index contributed by atoms with van der Waals surface area (Å²) in [6, 6.07) is 23.2. The molecule has 0 atom stereocenters. The highest BCUT2D eigenvalue weighted by Gasteiger charge is 2.15. The van der Waals surface area contributed by atoms with Gasteiger partial charge in [-0.2, -0.15) is 0 Å². The molecular weight excluding hydrogens is 346 g/mol. The predicted molar refractivity (Wildman–Crippen MR) is 107 cm³/mol. The average Bonchev–Trinajstić information content (AvgIpc) is 2.88. The number of hydrogen-bond donors (Lipinski definition) is 1. The van der Waals surface area contributed by atoms with Crippen molar-refractivity contribution in [2.45, 2.75) is 0 Å². The second-order valence-corrected chi connectivity index (χ2v) is 6.21. The number of methoxy groups -OCH3 is 1. The van der Waals surface area contributed by atoms with Crippen LogP contribution in [0.5, 0.6) is 5.75 Å². The summed E-state index contributed by atoms with van der Waals surface area (Å²) >= 11 is 6.17. The van der Waals surface area contributed by atoms with E-state index in [1.165, 1.54) is 0 Å². The molecule has 0 radical (unpaired) electrons. The zero-order valence-corrected chi connectivity index (χ0v) is 14.9. The van der Waals surface area contributed by atoms with Gasteiger partial charge in [0, 0.05) is 16.1 Å². The molecule has 1 heterocycles. The molecule has 0 unspecified atom stereocenters. The Balaban J connectivity index is 1.85. The van der Waals surface area contributed by atoms with Crippen molar-refractivity contribution >= 4 is 34.6 Å². The van der Waals surface area contributed by atoms with E-state index in [9.17, 15) is 0 Å². The van der Waals surface area contributed by atoms with E-state index < -0.39 is 0 Å². The summed E-state index contributed by atoms with van der Waals surface area (Å²) in [5, 5.41) is 4.01. The SMILES string of the molecule is COc1ccc(C2=NC(c3ccccc3)=Nc3ccc(Cl)cc3N2)cc1. The van der Waals surface area contributed by atoms with Crippen molar-refractivity contribution in [1.29, 1.82) is 0 Å². The first-order valence-electron chi connectivity index (χ1n) is 8.17. The van der Waals surface area contributed by atoms with Gasteiger partial charge in [-0.05, 0) is 42.5 Å². The lowest BCUT2D eigenvalue weighted by molar-refractivity contribution is 0.415. The average molecular weight is 362 g/mol. The molecular formula is C21H16ClN3O. The molecule has 0 aliphatic carbocycles. The summed E-state index contributed by atoms with van der Waals surface area (Å²) in [5.41, 5.74) is 3.49. The zero-order valence-electron chi connectivity index (χ0n) is 14.1. The number of ether oxygens (including phenoxy) is 1. The van der Waals surface area contributed by atoms with E-state index in [4.69, 9.17) is 26.3 Å². The first-order valence-corrected chi connectivity index (χ1v) is 8.54. The molecule has 1 N–H and O–H groups in total. The highest BCUT2D eigenvalue weighted by atomic mass is 35.5. The number of halogens is 1. The maximum absolute atomic E-state index is 6.17. The largest absolute Gasteiger partial charge is 0.497 e. The smallest absolute Gasteiger partial charge is 0.162 e. The van der Waals surface area contributed by atoms with E-state index in [1.807, 2.05) is 72.8 Å². The number of nitrogens with one attached hydrogen (secondary N) is 1. The number of nitrogens with zero attached hydrogens (tertiary/aromatic N) is 2. The number of benzene rings is 3. The number of fused-ring (bicyclic) bond motifs is 1. The maximum atomic E-state index is 6.17. The van der Waals surface area contributed by atoms with Crippen molar-refractivity contribution in [1.82, 2.24) is 0 Å². The molecule has 1 aliphatic rings. The molecule has 4 nitrogen and oxygen atoms in total. The van der Waals surface area contributed by atoms with Gasteiger partial charge in [-0.15, -0.1) is 0 Å². The molecule has 3 aromatic rings. The molecule has 0 aromatic heterocycles. The zero-order chi connectivity index (χ0) is 17.9. The Labute approximate surface area is 156 Å². The molecule has 26 heavy (non-hydrogen) atoms. The Morgan fingerprint density at radius 3 is 2.35 bits per heavy atom. The van der Waals surface area contributed by atoms with Crippen LogP contribution in [0.2, 0.25) is 5.02 Å². The van der Waals surface area contributed by atoms with Crippen LogP contribution in [0.4, 0.5) is 11.4 Å². The quantitative estimate of drug-likeness (QED) is 0.688. The molecule has 0 bridgehead atoms. The standard InChI is InChI=1S/C21H16ClN3O/c1-26-17-10-7-15(8-11-17)21-24-19-13-16(22)9-12-18(19)23-20(25-21)14-5-3-2-4-6-14/h2-13H,1H3,(H,23,24,25). The fourth-order valence-electron chi connectivity index (χ4n) is 2.71. The van der Waals surface area contributed by atoms with E-state index in [0.717, 1.165) is 28.3 Å². The molecule has 0 spiro atoms. The molecule has 0 fully saturated rings. The Morgan fingerprint density at radius 1 is 0.846 bits per heavy atom. The van der Waals surface area contributed by atoms with Gasteiger partial charge in [0.2, 0.25) is 0 Å². The monoisotopic (exact) mass is 361 g/mol. The lowest BCUT2D eigenvalue weighted by Crippen LogP contribution is -2.15. The van der Waals surface area contributed by atoms with Crippen LogP contribution in [-0.4, -0.2) is 18.8 Å². The van der Waals surface area contributed by atoms with Crippen LogP contribution >= 0.6 is 11.6 Å².